The summed E-state index contributed by atoms with van der Waals surface area (Å²) >= 11 is 1.64. The fourth-order valence-corrected chi connectivity index (χ4v) is 6.12. The third-order valence-electron chi connectivity index (χ3n) is 6.98. The molecular formula is C29H28N4O3S. The van der Waals surface area contributed by atoms with E-state index in [2.05, 4.69) is 10.3 Å². The van der Waals surface area contributed by atoms with Crippen LogP contribution in [-0.4, -0.2) is 46.0 Å². The molecule has 1 N–H and O–H groups in total. The fraction of sp³-hybridized carbons (Fsp3) is 0.310. The third-order valence-corrected chi connectivity index (χ3v) is 8.24. The highest BCUT2D eigenvalue weighted by atomic mass is 32.1. The zero-order valence-corrected chi connectivity index (χ0v) is 21.2. The van der Waals surface area contributed by atoms with Crippen LogP contribution in [0.1, 0.15) is 53.5 Å². The van der Waals surface area contributed by atoms with Crippen LogP contribution >= 0.6 is 11.3 Å². The van der Waals surface area contributed by atoms with E-state index in [9.17, 15) is 9.59 Å². The van der Waals surface area contributed by atoms with Crippen LogP contribution in [0.5, 0.6) is 5.75 Å². The molecule has 1 aliphatic heterocycles. The highest BCUT2D eigenvalue weighted by Gasteiger charge is 2.34. The summed E-state index contributed by atoms with van der Waals surface area (Å²) in [7, 11) is 0. The molecule has 2 fully saturated rings. The van der Waals surface area contributed by atoms with E-state index in [0.717, 1.165) is 52.9 Å². The lowest BCUT2D eigenvalue weighted by Gasteiger charge is -2.35. The first-order valence-corrected chi connectivity index (χ1v) is 13.7. The predicted octanol–water partition coefficient (Wildman–Crippen LogP) is 6.02. The number of benzene rings is 2. The van der Waals surface area contributed by atoms with Crippen molar-refractivity contribution >= 4 is 34.2 Å². The van der Waals surface area contributed by atoms with Crippen molar-refractivity contribution in [3.63, 3.8) is 0 Å². The number of aromatic nitrogens is 2. The van der Waals surface area contributed by atoms with Crippen molar-refractivity contribution in [3.8, 4) is 16.2 Å². The Hall–Kier alpha value is -3.78. The molecule has 1 saturated heterocycles. The number of ether oxygens (including phenoxy) is 1. The first kappa shape index (κ1) is 23.6. The molecule has 1 atom stereocenters. The molecule has 188 valence electrons. The van der Waals surface area contributed by atoms with Gasteiger partial charge in [0.15, 0.2) is 5.75 Å². The second-order valence-corrected chi connectivity index (χ2v) is 10.7. The van der Waals surface area contributed by atoms with E-state index in [1.807, 2.05) is 59.5 Å². The van der Waals surface area contributed by atoms with E-state index in [1.165, 1.54) is 0 Å². The van der Waals surface area contributed by atoms with Gasteiger partial charge in [-0.2, -0.15) is 0 Å². The van der Waals surface area contributed by atoms with Crippen LogP contribution in [-0.2, 0) is 0 Å². The number of piperidine rings is 1. The Balaban J connectivity index is 1.18. The van der Waals surface area contributed by atoms with E-state index in [0.29, 0.717) is 36.0 Å². The highest BCUT2D eigenvalue weighted by Crippen LogP contribution is 2.45. The van der Waals surface area contributed by atoms with E-state index >= 15 is 0 Å². The lowest BCUT2D eigenvalue weighted by Crippen LogP contribution is -2.50. The Bertz CT molecular complexity index is 1430. The van der Waals surface area contributed by atoms with Gasteiger partial charge in [-0.3, -0.25) is 9.78 Å². The van der Waals surface area contributed by atoms with Crippen molar-refractivity contribution in [1.82, 2.24) is 20.2 Å². The molecule has 1 saturated carbocycles. The first-order valence-electron chi connectivity index (χ1n) is 12.8. The SMILES string of the molecule is O=C(NC[C@@H]1CCCCN1C(=O)c1nc(C2CC2)sc1-c1ccccc1)Oc1cccc2cccnc12. The summed E-state index contributed by atoms with van der Waals surface area (Å²) in [6.45, 7) is 0.973. The van der Waals surface area contributed by atoms with Gasteiger partial charge in [0, 0.05) is 36.6 Å². The number of carbonyl (C=O) groups is 2. The van der Waals surface area contributed by atoms with Crippen molar-refractivity contribution in [2.45, 2.75) is 44.1 Å². The van der Waals surface area contributed by atoms with Gasteiger partial charge >= 0.3 is 6.09 Å². The Kier molecular flexibility index (Phi) is 6.57. The second kappa shape index (κ2) is 10.3. The van der Waals surface area contributed by atoms with Crippen LogP contribution in [0.4, 0.5) is 4.79 Å². The number of para-hydroxylation sites is 1. The summed E-state index contributed by atoms with van der Waals surface area (Å²) in [6, 6.07) is 19.2. The van der Waals surface area contributed by atoms with Crippen molar-refractivity contribution < 1.29 is 14.3 Å². The van der Waals surface area contributed by atoms with Gasteiger partial charge in [0.1, 0.15) is 11.2 Å². The summed E-state index contributed by atoms with van der Waals surface area (Å²) in [5, 5.41) is 4.84. The predicted molar refractivity (Wildman–Crippen MR) is 144 cm³/mol. The van der Waals surface area contributed by atoms with Gasteiger partial charge in [-0.15, -0.1) is 11.3 Å². The van der Waals surface area contributed by atoms with Crippen LogP contribution in [0, 0.1) is 0 Å². The van der Waals surface area contributed by atoms with Crippen molar-refractivity contribution in [2.75, 3.05) is 13.1 Å². The van der Waals surface area contributed by atoms with E-state index in [1.54, 1.807) is 23.6 Å². The Morgan fingerprint density at radius 3 is 2.68 bits per heavy atom. The maximum absolute atomic E-state index is 13.9. The minimum Gasteiger partial charge on any atom is -0.408 e. The molecule has 6 rings (SSSR count). The maximum atomic E-state index is 13.9. The summed E-state index contributed by atoms with van der Waals surface area (Å²) in [5.41, 5.74) is 2.20. The quantitative estimate of drug-likeness (QED) is 0.342. The standard InChI is InChI=1S/C29H28N4O3S/c34-28(25-26(20-8-2-1-3-9-20)37-27(32-25)21-14-15-21)33-17-5-4-12-22(33)18-31-29(35)36-23-13-6-10-19-11-7-16-30-24(19)23/h1-3,6-11,13,16,21-22H,4-5,12,14-15,17-18H2,(H,31,35)/t22-/m0/s1. The van der Waals surface area contributed by atoms with Crippen molar-refractivity contribution in [2.24, 2.45) is 0 Å². The number of pyridine rings is 1. The molecule has 4 aromatic rings. The van der Waals surface area contributed by atoms with E-state index < -0.39 is 6.09 Å². The number of fused-ring (bicyclic) bond motifs is 1. The molecule has 2 amide bonds. The van der Waals surface area contributed by atoms with Crippen LogP contribution in [0.15, 0.2) is 66.9 Å². The molecular weight excluding hydrogens is 484 g/mol. The van der Waals surface area contributed by atoms with Gasteiger partial charge in [-0.1, -0.05) is 48.5 Å². The Morgan fingerprint density at radius 1 is 1.00 bits per heavy atom. The molecule has 0 radical (unpaired) electrons. The van der Waals surface area contributed by atoms with Crippen molar-refractivity contribution in [3.05, 3.63) is 77.6 Å². The average Bonchev–Trinajstić information content (AvgIpc) is 3.70. The zero-order valence-electron chi connectivity index (χ0n) is 20.4. The molecule has 3 heterocycles. The van der Waals surface area contributed by atoms with Crippen LogP contribution in [0.2, 0.25) is 0 Å². The lowest BCUT2D eigenvalue weighted by atomic mass is 10.0. The summed E-state index contributed by atoms with van der Waals surface area (Å²) < 4.78 is 5.59. The summed E-state index contributed by atoms with van der Waals surface area (Å²) in [4.78, 5) is 38.6. The summed E-state index contributed by atoms with van der Waals surface area (Å²) in [5.74, 6) is 0.834. The van der Waals surface area contributed by atoms with Gasteiger partial charge in [-0.05, 0) is 49.8 Å². The summed E-state index contributed by atoms with van der Waals surface area (Å²) in [6.07, 6.45) is 6.17. The Labute approximate surface area is 219 Å². The number of nitrogens with zero attached hydrogens (tertiary/aromatic N) is 3. The number of nitrogens with one attached hydrogen (secondary N) is 1. The molecule has 1 aliphatic carbocycles. The molecule has 37 heavy (non-hydrogen) atoms. The lowest BCUT2D eigenvalue weighted by molar-refractivity contribution is 0.0607. The number of carbonyl (C=O) groups excluding carboxylic acids is 2. The first-order chi connectivity index (χ1) is 18.2. The molecule has 2 aromatic heterocycles. The molecule has 8 heteroatoms. The van der Waals surface area contributed by atoms with Gasteiger partial charge in [-0.25, -0.2) is 9.78 Å². The molecule has 2 aromatic carbocycles. The molecule has 0 unspecified atom stereocenters. The highest BCUT2D eigenvalue weighted by molar-refractivity contribution is 7.15. The number of amides is 2. The van der Waals surface area contributed by atoms with E-state index in [4.69, 9.17) is 9.72 Å². The van der Waals surface area contributed by atoms with Crippen LogP contribution in [0.3, 0.4) is 0 Å². The number of likely N-dealkylation sites (tertiary alicyclic amines) is 1. The number of rotatable bonds is 6. The largest absolute Gasteiger partial charge is 0.412 e. The Morgan fingerprint density at radius 2 is 1.84 bits per heavy atom. The molecule has 2 aliphatic rings. The van der Waals surface area contributed by atoms with Crippen LogP contribution < -0.4 is 10.1 Å². The third kappa shape index (κ3) is 5.06. The second-order valence-electron chi connectivity index (χ2n) is 9.62. The maximum Gasteiger partial charge on any atom is 0.412 e. The fourth-order valence-electron chi connectivity index (χ4n) is 4.88. The van der Waals surface area contributed by atoms with Gasteiger partial charge in [0.05, 0.1) is 9.88 Å². The minimum absolute atomic E-state index is 0.0554. The smallest absolute Gasteiger partial charge is 0.408 e. The molecule has 7 nitrogen and oxygen atoms in total. The molecule has 0 bridgehead atoms. The minimum atomic E-state index is -0.550. The number of hydrogen-bond donors (Lipinski definition) is 1. The topological polar surface area (TPSA) is 84.4 Å². The number of hydrogen-bond acceptors (Lipinski definition) is 6. The zero-order chi connectivity index (χ0) is 25.2. The van der Waals surface area contributed by atoms with Gasteiger partial charge in [0.2, 0.25) is 0 Å². The van der Waals surface area contributed by atoms with Gasteiger partial charge < -0.3 is 15.0 Å². The number of thiazole rings is 1. The van der Waals surface area contributed by atoms with Crippen molar-refractivity contribution in [1.29, 1.82) is 0 Å². The van der Waals surface area contributed by atoms with E-state index in [-0.39, 0.29) is 11.9 Å². The average molecular weight is 513 g/mol. The molecule has 0 spiro atoms. The van der Waals surface area contributed by atoms with Gasteiger partial charge in [0.25, 0.3) is 5.91 Å². The normalized spacial score (nSPS) is 17.5. The monoisotopic (exact) mass is 512 g/mol. The van der Waals surface area contributed by atoms with Crippen LogP contribution in [0.25, 0.3) is 21.3 Å².